The summed E-state index contributed by atoms with van der Waals surface area (Å²) in [5.41, 5.74) is 5.29. The van der Waals surface area contributed by atoms with Crippen molar-refractivity contribution in [1.82, 2.24) is 4.98 Å². The Kier molecular flexibility index (Phi) is 2.05. The third kappa shape index (κ3) is 1.80. The lowest BCUT2D eigenvalue weighted by molar-refractivity contribution is 0.208. The van der Waals surface area contributed by atoms with Crippen molar-refractivity contribution in [2.24, 2.45) is 5.73 Å². The SMILES string of the molecule is NC(=O)Oc1cc(C2CO2)ncc1F. The van der Waals surface area contributed by atoms with Gasteiger partial charge < -0.3 is 15.2 Å². The molecule has 1 unspecified atom stereocenters. The summed E-state index contributed by atoms with van der Waals surface area (Å²) < 4.78 is 22.3. The van der Waals surface area contributed by atoms with Gasteiger partial charge in [0.05, 0.1) is 18.5 Å². The van der Waals surface area contributed by atoms with Crippen LogP contribution >= 0.6 is 0 Å². The lowest BCUT2D eigenvalue weighted by Gasteiger charge is -2.03. The van der Waals surface area contributed by atoms with Gasteiger partial charge in [-0.15, -0.1) is 0 Å². The van der Waals surface area contributed by atoms with E-state index in [1.165, 1.54) is 6.07 Å². The van der Waals surface area contributed by atoms with Gasteiger partial charge in [0.25, 0.3) is 0 Å². The second kappa shape index (κ2) is 3.22. The predicted molar refractivity (Wildman–Crippen MR) is 43.1 cm³/mol. The fourth-order valence-electron chi connectivity index (χ4n) is 1.02. The molecule has 0 saturated carbocycles. The van der Waals surface area contributed by atoms with Crippen molar-refractivity contribution in [2.75, 3.05) is 6.61 Å². The van der Waals surface area contributed by atoms with Crippen molar-refractivity contribution < 1.29 is 18.7 Å². The minimum absolute atomic E-state index is 0.120. The number of hydrogen-bond acceptors (Lipinski definition) is 4. The van der Waals surface area contributed by atoms with Crippen molar-refractivity contribution in [3.63, 3.8) is 0 Å². The standard InChI is InChI=1S/C8H7FN2O3/c9-4-2-11-5(7-3-13-7)1-6(4)14-8(10)12/h1-2,7H,3H2,(H2,10,12). The van der Waals surface area contributed by atoms with Crippen molar-refractivity contribution >= 4 is 6.09 Å². The average molecular weight is 198 g/mol. The third-order valence-electron chi connectivity index (χ3n) is 1.72. The van der Waals surface area contributed by atoms with Crippen LogP contribution in [0, 0.1) is 5.82 Å². The summed E-state index contributed by atoms with van der Waals surface area (Å²) in [7, 11) is 0. The van der Waals surface area contributed by atoms with Crippen LogP contribution in [0.4, 0.5) is 9.18 Å². The summed E-state index contributed by atoms with van der Waals surface area (Å²) >= 11 is 0. The molecule has 2 rings (SSSR count). The fraction of sp³-hybridized carbons (Fsp3) is 0.250. The second-order valence-electron chi connectivity index (χ2n) is 2.78. The lowest BCUT2D eigenvalue weighted by atomic mass is 10.3. The number of epoxide rings is 1. The molecule has 0 bridgehead atoms. The highest BCUT2D eigenvalue weighted by Gasteiger charge is 2.27. The highest BCUT2D eigenvalue weighted by atomic mass is 19.1. The van der Waals surface area contributed by atoms with Crippen LogP contribution in [0.1, 0.15) is 11.8 Å². The smallest absolute Gasteiger partial charge is 0.407 e. The van der Waals surface area contributed by atoms with Gasteiger partial charge in [-0.3, -0.25) is 4.98 Å². The highest BCUT2D eigenvalue weighted by molar-refractivity contribution is 5.68. The molecule has 1 aliphatic rings. The van der Waals surface area contributed by atoms with Crippen LogP contribution in [0.5, 0.6) is 5.75 Å². The van der Waals surface area contributed by atoms with Crippen molar-refractivity contribution in [1.29, 1.82) is 0 Å². The molecular weight excluding hydrogens is 191 g/mol. The molecule has 0 aromatic carbocycles. The summed E-state index contributed by atoms with van der Waals surface area (Å²) in [6, 6.07) is 1.30. The summed E-state index contributed by atoms with van der Waals surface area (Å²) in [5.74, 6) is -0.953. The fourth-order valence-corrected chi connectivity index (χ4v) is 1.02. The summed E-state index contributed by atoms with van der Waals surface area (Å²) in [6.45, 7) is 0.550. The third-order valence-corrected chi connectivity index (χ3v) is 1.72. The normalized spacial score (nSPS) is 19.1. The Morgan fingerprint density at radius 1 is 1.79 bits per heavy atom. The average Bonchev–Trinajstić information content (AvgIpc) is 2.91. The van der Waals surface area contributed by atoms with Gasteiger partial charge in [-0.25, -0.2) is 9.18 Å². The molecule has 1 aliphatic heterocycles. The molecule has 14 heavy (non-hydrogen) atoms. The molecule has 2 heterocycles. The molecular formula is C8H7FN2O3. The summed E-state index contributed by atoms with van der Waals surface area (Å²) in [4.78, 5) is 14.2. The minimum Gasteiger partial charge on any atom is -0.407 e. The van der Waals surface area contributed by atoms with E-state index in [1.54, 1.807) is 0 Å². The van der Waals surface area contributed by atoms with E-state index in [-0.39, 0.29) is 11.9 Å². The van der Waals surface area contributed by atoms with E-state index in [1.807, 2.05) is 0 Å². The number of amides is 1. The van der Waals surface area contributed by atoms with Crippen molar-refractivity contribution in [3.05, 3.63) is 23.8 Å². The lowest BCUT2D eigenvalue weighted by Crippen LogP contribution is -2.17. The van der Waals surface area contributed by atoms with Gasteiger partial charge in [0.15, 0.2) is 11.6 Å². The molecule has 2 N–H and O–H groups in total. The van der Waals surface area contributed by atoms with E-state index in [0.717, 1.165) is 6.20 Å². The predicted octanol–water partition coefficient (Wildman–Crippen LogP) is 0.750. The first-order chi connectivity index (χ1) is 6.66. The zero-order valence-corrected chi connectivity index (χ0v) is 7.07. The Bertz CT molecular complexity index is 379. The molecule has 1 aromatic heterocycles. The van der Waals surface area contributed by atoms with Crippen LogP contribution in [-0.2, 0) is 4.74 Å². The molecule has 5 nitrogen and oxygen atoms in total. The molecule has 1 fully saturated rings. The van der Waals surface area contributed by atoms with Crippen LogP contribution in [-0.4, -0.2) is 17.7 Å². The molecule has 0 aliphatic carbocycles. The van der Waals surface area contributed by atoms with Crippen LogP contribution in [0.15, 0.2) is 12.3 Å². The number of carbonyl (C=O) groups excluding carboxylic acids is 1. The number of halogens is 1. The molecule has 1 aromatic rings. The Morgan fingerprint density at radius 3 is 3.07 bits per heavy atom. The number of primary amides is 1. The first kappa shape index (κ1) is 8.89. The maximum Gasteiger partial charge on any atom is 0.410 e. The number of aromatic nitrogens is 1. The molecule has 1 amide bonds. The number of pyridine rings is 1. The maximum atomic E-state index is 13.0. The topological polar surface area (TPSA) is 77.7 Å². The van der Waals surface area contributed by atoms with Gasteiger partial charge in [0.2, 0.25) is 0 Å². The summed E-state index contributed by atoms with van der Waals surface area (Å²) in [6.07, 6.45) is -0.210. The monoisotopic (exact) mass is 198 g/mol. The number of nitrogens with two attached hydrogens (primary N) is 1. The van der Waals surface area contributed by atoms with E-state index >= 15 is 0 Å². The maximum absolute atomic E-state index is 13.0. The number of ether oxygens (including phenoxy) is 2. The van der Waals surface area contributed by atoms with Gasteiger partial charge in [0.1, 0.15) is 6.10 Å². The Morgan fingerprint density at radius 2 is 2.50 bits per heavy atom. The molecule has 1 atom stereocenters. The molecule has 0 radical (unpaired) electrons. The van der Waals surface area contributed by atoms with Gasteiger partial charge in [-0.2, -0.15) is 0 Å². The Hall–Kier alpha value is -1.69. The Balaban J connectivity index is 2.26. The number of rotatable bonds is 2. The van der Waals surface area contributed by atoms with Crippen LogP contribution < -0.4 is 10.5 Å². The zero-order valence-electron chi connectivity index (χ0n) is 7.07. The first-order valence-electron chi connectivity index (χ1n) is 3.91. The second-order valence-corrected chi connectivity index (χ2v) is 2.78. The Labute approximate surface area is 78.6 Å². The van der Waals surface area contributed by atoms with Crippen LogP contribution in [0.3, 0.4) is 0 Å². The van der Waals surface area contributed by atoms with Gasteiger partial charge in [0, 0.05) is 6.07 Å². The molecule has 74 valence electrons. The molecule has 6 heteroatoms. The largest absolute Gasteiger partial charge is 0.410 e. The molecule has 0 spiro atoms. The molecule has 1 saturated heterocycles. The number of nitrogens with zero attached hydrogens (tertiary/aromatic N) is 1. The number of hydrogen-bond donors (Lipinski definition) is 1. The highest BCUT2D eigenvalue weighted by Crippen LogP contribution is 2.30. The quantitative estimate of drug-likeness (QED) is 0.711. The van der Waals surface area contributed by atoms with E-state index < -0.39 is 11.9 Å². The minimum atomic E-state index is -1.06. The van der Waals surface area contributed by atoms with Gasteiger partial charge >= 0.3 is 6.09 Å². The van der Waals surface area contributed by atoms with Crippen molar-refractivity contribution in [3.8, 4) is 5.75 Å². The van der Waals surface area contributed by atoms with E-state index in [4.69, 9.17) is 10.5 Å². The van der Waals surface area contributed by atoms with Gasteiger partial charge in [-0.1, -0.05) is 0 Å². The van der Waals surface area contributed by atoms with Crippen molar-refractivity contribution in [2.45, 2.75) is 6.10 Å². The van der Waals surface area contributed by atoms with Crippen LogP contribution in [0.2, 0.25) is 0 Å². The first-order valence-corrected chi connectivity index (χ1v) is 3.91. The number of carbonyl (C=O) groups is 1. The van der Waals surface area contributed by atoms with E-state index in [2.05, 4.69) is 9.72 Å². The van der Waals surface area contributed by atoms with E-state index in [0.29, 0.717) is 12.3 Å². The van der Waals surface area contributed by atoms with Gasteiger partial charge in [-0.05, 0) is 0 Å². The summed E-state index contributed by atoms with van der Waals surface area (Å²) in [5, 5.41) is 0. The van der Waals surface area contributed by atoms with E-state index in [9.17, 15) is 9.18 Å². The zero-order chi connectivity index (χ0) is 10.1. The van der Waals surface area contributed by atoms with Crippen LogP contribution in [0.25, 0.3) is 0 Å².